The third-order valence-corrected chi connectivity index (χ3v) is 6.32. The van der Waals surface area contributed by atoms with Gasteiger partial charge in [-0.3, -0.25) is 4.79 Å². The molecule has 0 spiro atoms. The molecule has 1 aliphatic heterocycles. The average Bonchev–Trinajstić information content (AvgIpc) is 2.53. The number of fused-ring (bicyclic) bond motifs is 3. The molecule has 2 saturated carbocycles. The first-order valence-electron chi connectivity index (χ1n) is 9.04. The molecule has 2 N–H and O–H groups in total. The molecule has 0 saturated heterocycles. The second-order valence-corrected chi connectivity index (χ2v) is 7.73. The molecular formula is C19H24F2N2O. The smallest absolute Gasteiger partial charge is 0.226 e. The maximum absolute atomic E-state index is 13.9. The van der Waals surface area contributed by atoms with Crippen molar-refractivity contribution in [1.29, 1.82) is 0 Å². The van der Waals surface area contributed by atoms with Crippen molar-refractivity contribution in [3.8, 4) is 0 Å². The third kappa shape index (κ3) is 2.73. The minimum Gasteiger partial charge on any atom is -0.338 e. The highest BCUT2D eigenvalue weighted by molar-refractivity contribution is 5.79. The van der Waals surface area contributed by atoms with E-state index in [0.717, 1.165) is 31.7 Å². The third-order valence-electron chi connectivity index (χ3n) is 6.32. The molecule has 2 unspecified atom stereocenters. The summed E-state index contributed by atoms with van der Waals surface area (Å²) in [7, 11) is 0. The lowest BCUT2D eigenvalue weighted by Crippen LogP contribution is -2.50. The molecule has 2 atom stereocenters. The summed E-state index contributed by atoms with van der Waals surface area (Å²) < 4.78 is 27.3. The molecule has 2 aliphatic carbocycles. The number of rotatable bonds is 1. The van der Waals surface area contributed by atoms with E-state index in [9.17, 15) is 13.6 Å². The van der Waals surface area contributed by atoms with Crippen molar-refractivity contribution in [2.75, 3.05) is 6.54 Å². The second kappa shape index (κ2) is 6.10. The Morgan fingerprint density at radius 3 is 2.58 bits per heavy atom. The molecule has 1 amide bonds. The molecule has 3 aliphatic rings. The summed E-state index contributed by atoms with van der Waals surface area (Å²) in [6.07, 6.45) is 5.68. The van der Waals surface area contributed by atoms with Crippen molar-refractivity contribution in [2.24, 2.45) is 23.5 Å². The minimum atomic E-state index is -0.571. The largest absolute Gasteiger partial charge is 0.338 e. The zero-order chi connectivity index (χ0) is 16.8. The van der Waals surface area contributed by atoms with Crippen LogP contribution in [-0.2, 0) is 17.8 Å². The Morgan fingerprint density at radius 1 is 1.17 bits per heavy atom. The lowest BCUT2D eigenvalue weighted by molar-refractivity contribution is -0.139. The Balaban J connectivity index is 1.50. The summed E-state index contributed by atoms with van der Waals surface area (Å²) in [5.41, 5.74) is 7.48. The summed E-state index contributed by atoms with van der Waals surface area (Å²) >= 11 is 0. The molecular weight excluding hydrogens is 310 g/mol. The fraction of sp³-hybridized carbons (Fsp3) is 0.632. The van der Waals surface area contributed by atoms with Crippen molar-refractivity contribution in [3.63, 3.8) is 0 Å². The zero-order valence-corrected chi connectivity index (χ0v) is 13.8. The lowest BCUT2D eigenvalue weighted by Gasteiger charge is -2.45. The number of nitrogens with two attached hydrogens (primary N) is 1. The van der Waals surface area contributed by atoms with E-state index in [-0.39, 0.29) is 17.9 Å². The van der Waals surface area contributed by atoms with Gasteiger partial charge in [0.2, 0.25) is 5.91 Å². The van der Waals surface area contributed by atoms with Crippen molar-refractivity contribution < 1.29 is 13.6 Å². The molecule has 1 aromatic rings. The Kier molecular flexibility index (Phi) is 4.07. The average molecular weight is 334 g/mol. The minimum absolute atomic E-state index is 0.0278. The van der Waals surface area contributed by atoms with Gasteiger partial charge in [0.05, 0.1) is 0 Å². The first kappa shape index (κ1) is 16.0. The SMILES string of the molecule is NC1C2CCCC1CC(C(=O)N1CCc3c(F)cc(F)cc3C1)C2. The van der Waals surface area contributed by atoms with Gasteiger partial charge in [-0.1, -0.05) is 6.42 Å². The van der Waals surface area contributed by atoms with Gasteiger partial charge in [-0.2, -0.15) is 0 Å². The predicted octanol–water partition coefficient (Wildman–Crippen LogP) is 3.00. The fourth-order valence-electron chi connectivity index (χ4n) is 5.05. The van der Waals surface area contributed by atoms with Crippen LogP contribution in [-0.4, -0.2) is 23.4 Å². The Morgan fingerprint density at radius 2 is 1.88 bits per heavy atom. The molecule has 0 radical (unpaired) electrons. The van der Waals surface area contributed by atoms with Gasteiger partial charge in [-0.25, -0.2) is 8.78 Å². The van der Waals surface area contributed by atoms with E-state index >= 15 is 0 Å². The number of carbonyl (C=O) groups is 1. The monoisotopic (exact) mass is 334 g/mol. The zero-order valence-electron chi connectivity index (χ0n) is 13.8. The van der Waals surface area contributed by atoms with Crippen LogP contribution in [0, 0.1) is 29.4 Å². The molecule has 3 nitrogen and oxygen atoms in total. The molecule has 2 bridgehead atoms. The van der Waals surface area contributed by atoms with Crippen molar-refractivity contribution in [1.82, 2.24) is 4.90 Å². The molecule has 1 heterocycles. The first-order valence-corrected chi connectivity index (χ1v) is 9.04. The first-order chi connectivity index (χ1) is 11.5. The van der Waals surface area contributed by atoms with Gasteiger partial charge in [0.15, 0.2) is 0 Å². The highest BCUT2D eigenvalue weighted by Gasteiger charge is 2.42. The standard InChI is InChI=1S/C19H24F2N2O/c20-15-8-14-10-23(5-4-16(14)17(21)9-15)19(24)13-6-11-2-1-3-12(7-13)18(11)22/h8-9,11-13,18H,1-7,10,22H2. The van der Waals surface area contributed by atoms with E-state index in [2.05, 4.69) is 0 Å². The fourth-order valence-corrected chi connectivity index (χ4v) is 5.05. The van der Waals surface area contributed by atoms with Crippen molar-refractivity contribution >= 4 is 5.91 Å². The molecule has 24 heavy (non-hydrogen) atoms. The Labute approximate surface area is 141 Å². The number of nitrogens with zero attached hydrogens (tertiary/aromatic N) is 1. The maximum atomic E-state index is 13.9. The van der Waals surface area contributed by atoms with Gasteiger partial charge < -0.3 is 10.6 Å². The molecule has 4 rings (SSSR count). The number of hydrogen-bond donors (Lipinski definition) is 1. The Bertz CT molecular complexity index is 649. The summed E-state index contributed by atoms with van der Waals surface area (Å²) in [5.74, 6) is 0.0278. The van der Waals surface area contributed by atoms with Gasteiger partial charge in [0, 0.05) is 31.1 Å². The molecule has 2 fully saturated rings. The van der Waals surface area contributed by atoms with Gasteiger partial charge in [0.1, 0.15) is 11.6 Å². The molecule has 0 aromatic heterocycles. The molecule has 5 heteroatoms. The Hall–Kier alpha value is -1.49. The van der Waals surface area contributed by atoms with Crippen LogP contribution in [0.3, 0.4) is 0 Å². The van der Waals surface area contributed by atoms with Crippen LogP contribution in [0.5, 0.6) is 0 Å². The van der Waals surface area contributed by atoms with Gasteiger partial charge in [-0.05, 0) is 61.1 Å². The topological polar surface area (TPSA) is 46.3 Å². The number of amides is 1. The highest BCUT2D eigenvalue weighted by atomic mass is 19.1. The van der Waals surface area contributed by atoms with E-state index in [1.807, 2.05) is 0 Å². The van der Waals surface area contributed by atoms with Gasteiger partial charge in [0.25, 0.3) is 0 Å². The van der Waals surface area contributed by atoms with Crippen LogP contribution >= 0.6 is 0 Å². The van der Waals surface area contributed by atoms with Crippen LogP contribution in [0.15, 0.2) is 12.1 Å². The van der Waals surface area contributed by atoms with Gasteiger partial charge >= 0.3 is 0 Å². The van der Waals surface area contributed by atoms with E-state index < -0.39 is 11.6 Å². The van der Waals surface area contributed by atoms with Crippen LogP contribution in [0.1, 0.15) is 43.2 Å². The summed E-state index contributed by atoms with van der Waals surface area (Å²) in [6.45, 7) is 0.840. The van der Waals surface area contributed by atoms with Crippen molar-refractivity contribution in [2.45, 2.75) is 51.1 Å². The lowest BCUT2D eigenvalue weighted by atomic mass is 9.65. The number of halogens is 2. The summed E-state index contributed by atoms with van der Waals surface area (Å²) in [4.78, 5) is 14.8. The number of benzene rings is 1. The van der Waals surface area contributed by atoms with Crippen molar-refractivity contribution in [3.05, 3.63) is 34.9 Å². The number of carbonyl (C=O) groups excluding carboxylic acids is 1. The van der Waals surface area contributed by atoms with Crippen LogP contribution in [0.2, 0.25) is 0 Å². The molecule has 1 aromatic carbocycles. The maximum Gasteiger partial charge on any atom is 0.226 e. The molecule has 130 valence electrons. The van der Waals surface area contributed by atoms with E-state index in [1.54, 1.807) is 4.90 Å². The summed E-state index contributed by atoms with van der Waals surface area (Å²) in [5, 5.41) is 0. The second-order valence-electron chi connectivity index (χ2n) is 7.73. The van der Waals surface area contributed by atoms with E-state index in [4.69, 9.17) is 5.73 Å². The van der Waals surface area contributed by atoms with Crippen LogP contribution in [0.25, 0.3) is 0 Å². The normalized spacial score (nSPS) is 32.4. The van der Waals surface area contributed by atoms with E-state index in [0.29, 0.717) is 42.5 Å². The van der Waals surface area contributed by atoms with E-state index in [1.165, 1.54) is 12.5 Å². The van der Waals surface area contributed by atoms with Gasteiger partial charge in [-0.15, -0.1) is 0 Å². The van der Waals surface area contributed by atoms with Crippen LogP contribution in [0.4, 0.5) is 8.78 Å². The quantitative estimate of drug-likeness (QED) is 0.858. The number of hydrogen-bond acceptors (Lipinski definition) is 2. The van der Waals surface area contributed by atoms with Crippen LogP contribution < -0.4 is 5.73 Å². The highest BCUT2D eigenvalue weighted by Crippen LogP contribution is 2.42. The predicted molar refractivity (Wildman–Crippen MR) is 87.0 cm³/mol. The summed E-state index contributed by atoms with van der Waals surface area (Å²) in [6, 6.07) is 2.54.